The second kappa shape index (κ2) is 7.36. The maximum Gasteiger partial charge on any atom is 0.303 e. The Hall–Kier alpha value is -1.46. The molecule has 0 fully saturated rings. The Morgan fingerprint density at radius 3 is 2.40 bits per heavy atom. The predicted octanol–water partition coefficient (Wildman–Crippen LogP) is 2.95. The van der Waals surface area contributed by atoms with Crippen LogP contribution in [0.1, 0.15) is 36.5 Å². The van der Waals surface area contributed by atoms with Crippen LogP contribution in [0.4, 0.5) is 5.69 Å². The molecule has 0 saturated carbocycles. The van der Waals surface area contributed by atoms with Crippen molar-refractivity contribution in [2.75, 3.05) is 5.73 Å². The first-order valence-electron chi connectivity index (χ1n) is 6.08. The number of nitrogens with two attached hydrogens (primary N) is 1. The molecule has 0 bridgehead atoms. The highest BCUT2D eigenvalue weighted by atomic mass is 35.5. The standard InChI is InChI=1S/C13H16Cl2N2O3/c1-7(3-2-4-11(18)19)17-13(20)8-5-9(14)12(16)10(15)6-8/h5-7H,2-4,16H2,1H3,(H,17,20)(H,18,19). The molecule has 0 aliphatic heterocycles. The number of anilines is 1. The van der Waals surface area contributed by atoms with Crippen LogP contribution in [-0.2, 0) is 4.79 Å². The minimum atomic E-state index is -0.847. The number of halogens is 2. The molecule has 0 aliphatic carbocycles. The maximum atomic E-state index is 12.0. The minimum absolute atomic E-state index is 0.0831. The van der Waals surface area contributed by atoms with Gasteiger partial charge in [-0.15, -0.1) is 0 Å². The minimum Gasteiger partial charge on any atom is -0.481 e. The molecule has 1 aromatic rings. The molecule has 110 valence electrons. The van der Waals surface area contributed by atoms with Gasteiger partial charge in [0.2, 0.25) is 0 Å². The Labute approximate surface area is 127 Å². The van der Waals surface area contributed by atoms with Crippen LogP contribution in [0.15, 0.2) is 12.1 Å². The van der Waals surface area contributed by atoms with Gasteiger partial charge in [0.1, 0.15) is 0 Å². The number of carboxylic acid groups (broad SMARTS) is 1. The zero-order chi connectivity index (χ0) is 15.3. The van der Waals surface area contributed by atoms with E-state index in [2.05, 4.69) is 5.32 Å². The molecular weight excluding hydrogens is 303 g/mol. The van der Waals surface area contributed by atoms with Crippen molar-refractivity contribution in [2.24, 2.45) is 0 Å². The molecule has 20 heavy (non-hydrogen) atoms. The summed E-state index contributed by atoms with van der Waals surface area (Å²) in [6.07, 6.45) is 1.16. The van der Waals surface area contributed by atoms with Gasteiger partial charge in [-0.3, -0.25) is 9.59 Å². The Bertz CT molecular complexity index is 497. The van der Waals surface area contributed by atoms with E-state index >= 15 is 0 Å². The number of rotatable bonds is 6. The van der Waals surface area contributed by atoms with E-state index in [-0.39, 0.29) is 34.1 Å². The van der Waals surface area contributed by atoms with Crippen LogP contribution >= 0.6 is 23.2 Å². The molecule has 1 aromatic carbocycles. The van der Waals surface area contributed by atoms with Crippen LogP contribution in [-0.4, -0.2) is 23.0 Å². The summed E-state index contributed by atoms with van der Waals surface area (Å²) in [6, 6.07) is 2.75. The van der Waals surface area contributed by atoms with Crippen LogP contribution in [0.5, 0.6) is 0 Å². The summed E-state index contributed by atoms with van der Waals surface area (Å²) < 4.78 is 0. The molecule has 1 amide bonds. The van der Waals surface area contributed by atoms with Crippen molar-refractivity contribution in [3.63, 3.8) is 0 Å². The number of carbonyl (C=O) groups is 2. The number of carbonyl (C=O) groups excluding carboxylic acids is 1. The van der Waals surface area contributed by atoms with E-state index in [1.54, 1.807) is 6.92 Å². The number of carboxylic acids is 1. The summed E-state index contributed by atoms with van der Waals surface area (Å²) in [4.78, 5) is 22.4. The van der Waals surface area contributed by atoms with Gasteiger partial charge in [-0.25, -0.2) is 0 Å². The molecular formula is C13H16Cl2N2O3. The largest absolute Gasteiger partial charge is 0.481 e. The van der Waals surface area contributed by atoms with Gasteiger partial charge in [-0.2, -0.15) is 0 Å². The number of hydrogen-bond acceptors (Lipinski definition) is 3. The van der Waals surface area contributed by atoms with E-state index in [1.165, 1.54) is 12.1 Å². The first-order chi connectivity index (χ1) is 9.31. The smallest absolute Gasteiger partial charge is 0.303 e. The van der Waals surface area contributed by atoms with Gasteiger partial charge in [0.05, 0.1) is 15.7 Å². The van der Waals surface area contributed by atoms with Crippen molar-refractivity contribution in [3.05, 3.63) is 27.7 Å². The highest BCUT2D eigenvalue weighted by Gasteiger charge is 2.13. The average molecular weight is 319 g/mol. The normalized spacial score (nSPS) is 11.9. The summed E-state index contributed by atoms with van der Waals surface area (Å²) in [5.41, 5.74) is 6.15. The maximum absolute atomic E-state index is 12.0. The molecule has 0 aromatic heterocycles. The molecule has 0 aliphatic rings. The van der Waals surface area contributed by atoms with Crippen molar-refractivity contribution in [3.8, 4) is 0 Å². The lowest BCUT2D eigenvalue weighted by Crippen LogP contribution is -2.32. The Morgan fingerprint density at radius 1 is 1.35 bits per heavy atom. The molecule has 4 N–H and O–H groups in total. The van der Waals surface area contributed by atoms with Crippen LogP contribution in [0, 0.1) is 0 Å². The molecule has 0 heterocycles. The van der Waals surface area contributed by atoms with Crippen LogP contribution in [0.2, 0.25) is 10.0 Å². The second-order valence-electron chi connectivity index (χ2n) is 4.51. The first kappa shape index (κ1) is 16.6. The van der Waals surface area contributed by atoms with Crippen molar-refractivity contribution >= 4 is 40.8 Å². The molecule has 7 heteroatoms. The van der Waals surface area contributed by atoms with Gasteiger partial charge in [0.15, 0.2) is 0 Å². The summed E-state index contributed by atoms with van der Waals surface area (Å²) in [6.45, 7) is 1.81. The highest BCUT2D eigenvalue weighted by molar-refractivity contribution is 6.39. The molecule has 1 unspecified atom stereocenters. The number of nitrogen functional groups attached to an aromatic ring is 1. The fourth-order valence-electron chi connectivity index (χ4n) is 1.65. The van der Waals surface area contributed by atoms with E-state index in [9.17, 15) is 9.59 Å². The van der Waals surface area contributed by atoms with Crippen LogP contribution in [0.3, 0.4) is 0 Å². The second-order valence-corrected chi connectivity index (χ2v) is 5.33. The van der Waals surface area contributed by atoms with Crippen molar-refractivity contribution in [2.45, 2.75) is 32.2 Å². The monoisotopic (exact) mass is 318 g/mol. The fraction of sp³-hybridized carbons (Fsp3) is 0.385. The van der Waals surface area contributed by atoms with Gasteiger partial charge in [-0.1, -0.05) is 23.2 Å². The first-order valence-corrected chi connectivity index (χ1v) is 6.84. The molecule has 1 atom stereocenters. The third-order valence-electron chi connectivity index (χ3n) is 2.75. The number of benzene rings is 1. The molecule has 5 nitrogen and oxygen atoms in total. The third kappa shape index (κ3) is 4.90. The summed E-state index contributed by atoms with van der Waals surface area (Å²) in [7, 11) is 0. The van der Waals surface area contributed by atoms with E-state index in [4.69, 9.17) is 34.0 Å². The zero-order valence-corrected chi connectivity index (χ0v) is 12.5. The number of aliphatic carboxylic acids is 1. The lowest BCUT2D eigenvalue weighted by atomic mass is 10.1. The fourth-order valence-corrected chi connectivity index (χ4v) is 2.14. The van der Waals surface area contributed by atoms with E-state index in [1.807, 2.05) is 0 Å². The van der Waals surface area contributed by atoms with Gasteiger partial charge in [-0.05, 0) is 31.9 Å². The topological polar surface area (TPSA) is 92.4 Å². The van der Waals surface area contributed by atoms with E-state index < -0.39 is 5.97 Å². The Balaban J connectivity index is 2.60. The molecule has 0 saturated heterocycles. The lowest BCUT2D eigenvalue weighted by molar-refractivity contribution is -0.137. The highest BCUT2D eigenvalue weighted by Crippen LogP contribution is 2.28. The predicted molar refractivity (Wildman–Crippen MR) is 79.3 cm³/mol. The average Bonchev–Trinajstić information content (AvgIpc) is 2.34. The van der Waals surface area contributed by atoms with Gasteiger partial charge in [0, 0.05) is 18.0 Å². The number of hydrogen-bond donors (Lipinski definition) is 3. The van der Waals surface area contributed by atoms with Crippen molar-refractivity contribution in [1.82, 2.24) is 5.32 Å². The summed E-state index contributed by atoms with van der Waals surface area (Å²) in [5, 5.41) is 11.7. The zero-order valence-electron chi connectivity index (χ0n) is 11.0. The third-order valence-corrected chi connectivity index (χ3v) is 3.37. The number of nitrogens with one attached hydrogen (secondary N) is 1. The summed E-state index contributed by atoms with van der Waals surface area (Å²) >= 11 is 11.7. The van der Waals surface area contributed by atoms with Gasteiger partial charge in [0.25, 0.3) is 5.91 Å². The van der Waals surface area contributed by atoms with Crippen molar-refractivity contribution < 1.29 is 14.7 Å². The van der Waals surface area contributed by atoms with Crippen molar-refractivity contribution in [1.29, 1.82) is 0 Å². The van der Waals surface area contributed by atoms with Gasteiger partial charge < -0.3 is 16.2 Å². The Kier molecular flexibility index (Phi) is 6.10. The van der Waals surface area contributed by atoms with E-state index in [0.717, 1.165) is 0 Å². The van der Waals surface area contributed by atoms with Gasteiger partial charge >= 0.3 is 5.97 Å². The summed E-state index contributed by atoms with van der Waals surface area (Å²) in [5.74, 6) is -1.17. The van der Waals surface area contributed by atoms with Crippen LogP contribution < -0.4 is 11.1 Å². The van der Waals surface area contributed by atoms with E-state index in [0.29, 0.717) is 18.4 Å². The Morgan fingerprint density at radius 2 is 1.90 bits per heavy atom. The molecule has 0 spiro atoms. The molecule has 0 radical (unpaired) electrons. The number of amides is 1. The quantitative estimate of drug-likeness (QED) is 0.703. The van der Waals surface area contributed by atoms with Crippen LogP contribution in [0.25, 0.3) is 0 Å². The lowest BCUT2D eigenvalue weighted by Gasteiger charge is -2.14. The molecule has 1 rings (SSSR count). The SMILES string of the molecule is CC(CCCC(=O)O)NC(=O)c1cc(Cl)c(N)c(Cl)c1.